The summed E-state index contributed by atoms with van der Waals surface area (Å²) in [5.74, 6) is 1.01. The van der Waals surface area contributed by atoms with Crippen molar-refractivity contribution in [1.29, 1.82) is 0 Å². The summed E-state index contributed by atoms with van der Waals surface area (Å²) in [6, 6.07) is 15.7. The predicted molar refractivity (Wildman–Crippen MR) is 79.6 cm³/mol. The highest BCUT2D eigenvalue weighted by molar-refractivity contribution is 7.97. The van der Waals surface area contributed by atoms with Crippen LogP contribution in [0.4, 0.5) is 0 Å². The fourth-order valence-electron chi connectivity index (χ4n) is 1.84. The zero-order valence-electron chi connectivity index (χ0n) is 10.8. The van der Waals surface area contributed by atoms with Gasteiger partial charge in [-0.1, -0.05) is 36.4 Å². The van der Waals surface area contributed by atoms with Gasteiger partial charge < -0.3 is 5.11 Å². The zero-order chi connectivity index (χ0) is 13.7. The number of carboxylic acid groups (broad SMARTS) is 1. The third-order valence-electron chi connectivity index (χ3n) is 2.96. The van der Waals surface area contributed by atoms with Gasteiger partial charge in [-0.25, -0.2) is 4.79 Å². The Kier molecular flexibility index (Phi) is 4.63. The highest BCUT2D eigenvalue weighted by atomic mass is 32.2. The Morgan fingerprint density at radius 2 is 1.84 bits per heavy atom. The molecule has 0 atom stereocenters. The highest BCUT2D eigenvalue weighted by Crippen LogP contribution is 2.21. The van der Waals surface area contributed by atoms with Crippen LogP contribution in [0.5, 0.6) is 0 Å². The monoisotopic (exact) mass is 272 g/mol. The minimum atomic E-state index is -0.869. The van der Waals surface area contributed by atoms with Gasteiger partial charge in [-0.15, -0.1) is 0 Å². The van der Waals surface area contributed by atoms with Gasteiger partial charge in [0.15, 0.2) is 0 Å². The lowest BCUT2D eigenvalue weighted by molar-refractivity contribution is 0.0697. The summed E-state index contributed by atoms with van der Waals surface area (Å²) in [6.07, 6.45) is 0. The lowest BCUT2D eigenvalue weighted by Gasteiger charge is -2.07. The van der Waals surface area contributed by atoms with Crippen molar-refractivity contribution in [2.24, 2.45) is 0 Å². The van der Waals surface area contributed by atoms with Crippen molar-refractivity contribution in [1.82, 2.24) is 0 Å². The van der Waals surface area contributed by atoms with Crippen molar-refractivity contribution < 1.29 is 9.90 Å². The van der Waals surface area contributed by atoms with Crippen LogP contribution >= 0.6 is 11.8 Å². The van der Waals surface area contributed by atoms with Crippen molar-refractivity contribution in [2.75, 3.05) is 0 Å². The van der Waals surface area contributed by atoms with Gasteiger partial charge in [-0.2, -0.15) is 11.8 Å². The fourth-order valence-corrected chi connectivity index (χ4v) is 2.92. The topological polar surface area (TPSA) is 37.3 Å². The van der Waals surface area contributed by atoms with Gasteiger partial charge in [0.25, 0.3) is 0 Å². The average Bonchev–Trinajstić information content (AvgIpc) is 2.41. The number of rotatable bonds is 5. The molecule has 0 saturated heterocycles. The second kappa shape index (κ2) is 6.43. The van der Waals surface area contributed by atoms with E-state index in [1.165, 1.54) is 11.1 Å². The van der Waals surface area contributed by atoms with Crippen molar-refractivity contribution in [3.05, 3.63) is 70.8 Å². The largest absolute Gasteiger partial charge is 0.478 e. The normalized spacial score (nSPS) is 10.4. The first kappa shape index (κ1) is 13.7. The van der Waals surface area contributed by atoms with E-state index in [4.69, 9.17) is 5.11 Å². The van der Waals surface area contributed by atoms with Crippen LogP contribution in [0.1, 0.15) is 27.0 Å². The number of hydrogen-bond donors (Lipinski definition) is 1. The molecule has 0 spiro atoms. The summed E-state index contributed by atoms with van der Waals surface area (Å²) in [4.78, 5) is 10.9. The van der Waals surface area contributed by atoms with Gasteiger partial charge in [0.1, 0.15) is 0 Å². The molecule has 0 aromatic heterocycles. The van der Waals surface area contributed by atoms with E-state index < -0.39 is 5.97 Å². The van der Waals surface area contributed by atoms with Gasteiger partial charge >= 0.3 is 5.97 Å². The van der Waals surface area contributed by atoms with Gasteiger partial charge in [0, 0.05) is 11.5 Å². The summed E-state index contributed by atoms with van der Waals surface area (Å²) >= 11 is 1.84. The van der Waals surface area contributed by atoms with E-state index >= 15 is 0 Å². The number of aromatic carboxylic acids is 1. The summed E-state index contributed by atoms with van der Waals surface area (Å²) in [6.45, 7) is 1.96. The van der Waals surface area contributed by atoms with E-state index in [1.807, 2.05) is 43.0 Å². The molecule has 0 heterocycles. The quantitative estimate of drug-likeness (QED) is 0.889. The summed E-state index contributed by atoms with van der Waals surface area (Å²) in [5, 5.41) is 8.92. The molecule has 0 bridgehead atoms. The van der Waals surface area contributed by atoms with Gasteiger partial charge in [-0.3, -0.25) is 0 Å². The minimum absolute atomic E-state index is 0.356. The van der Waals surface area contributed by atoms with E-state index in [9.17, 15) is 4.79 Å². The van der Waals surface area contributed by atoms with Crippen molar-refractivity contribution in [3.63, 3.8) is 0 Å². The first-order valence-corrected chi connectivity index (χ1v) is 7.27. The summed E-state index contributed by atoms with van der Waals surface area (Å²) in [7, 11) is 0. The molecular weight excluding hydrogens is 256 g/mol. The molecule has 0 amide bonds. The second-order valence-electron chi connectivity index (χ2n) is 4.42. The van der Waals surface area contributed by atoms with Crippen LogP contribution in [-0.4, -0.2) is 11.1 Å². The molecule has 0 unspecified atom stereocenters. The van der Waals surface area contributed by atoms with E-state index in [2.05, 4.69) is 12.1 Å². The van der Waals surface area contributed by atoms with Gasteiger partial charge in [-0.05, 0) is 35.7 Å². The molecule has 98 valence electrons. The number of benzene rings is 2. The Morgan fingerprint density at radius 3 is 2.47 bits per heavy atom. The average molecular weight is 272 g/mol. The van der Waals surface area contributed by atoms with Crippen LogP contribution in [0.15, 0.2) is 48.5 Å². The van der Waals surface area contributed by atoms with E-state index in [1.54, 1.807) is 12.1 Å². The molecule has 0 saturated carbocycles. The van der Waals surface area contributed by atoms with E-state index in [0.29, 0.717) is 5.56 Å². The Hall–Kier alpha value is -1.74. The Balaban J connectivity index is 1.95. The molecule has 3 heteroatoms. The Morgan fingerprint density at radius 1 is 1.11 bits per heavy atom. The van der Waals surface area contributed by atoms with Gasteiger partial charge in [0.05, 0.1) is 5.56 Å². The molecule has 0 aliphatic heterocycles. The molecule has 1 N–H and O–H groups in total. The standard InChI is InChI=1S/C16H16O2S/c1-12-9-14(16(17)18)7-8-15(12)11-19-10-13-5-3-2-4-6-13/h2-9H,10-11H2,1H3,(H,17,18). The maximum atomic E-state index is 10.9. The maximum absolute atomic E-state index is 10.9. The van der Waals surface area contributed by atoms with Crippen molar-refractivity contribution in [3.8, 4) is 0 Å². The molecule has 2 rings (SSSR count). The zero-order valence-corrected chi connectivity index (χ0v) is 11.6. The van der Waals surface area contributed by atoms with Crippen LogP contribution < -0.4 is 0 Å². The maximum Gasteiger partial charge on any atom is 0.335 e. The van der Waals surface area contributed by atoms with Crippen molar-refractivity contribution >= 4 is 17.7 Å². The van der Waals surface area contributed by atoms with Crippen LogP contribution in [0.3, 0.4) is 0 Å². The molecule has 19 heavy (non-hydrogen) atoms. The first-order valence-electron chi connectivity index (χ1n) is 6.11. The second-order valence-corrected chi connectivity index (χ2v) is 5.41. The summed E-state index contributed by atoms with van der Waals surface area (Å²) in [5.41, 5.74) is 3.91. The number of carboxylic acids is 1. The lowest BCUT2D eigenvalue weighted by Crippen LogP contribution is -1.98. The predicted octanol–water partition coefficient (Wildman–Crippen LogP) is 4.13. The number of thioether (sulfide) groups is 1. The van der Waals surface area contributed by atoms with Crippen LogP contribution in [0.2, 0.25) is 0 Å². The molecule has 0 aliphatic rings. The van der Waals surface area contributed by atoms with E-state index in [0.717, 1.165) is 17.1 Å². The van der Waals surface area contributed by atoms with Crippen LogP contribution in [-0.2, 0) is 11.5 Å². The Labute approximate surface area is 117 Å². The highest BCUT2D eigenvalue weighted by Gasteiger charge is 2.05. The van der Waals surface area contributed by atoms with Gasteiger partial charge in [0.2, 0.25) is 0 Å². The Bertz CT molecular complexity index is 564. The fraction of sp³-hybridized carbons (Fsp3) is 0.188. The number of aryl methyl sites for hydroxylation is 1. The molecule has 0 fully saturated rings. The SMILES string of the molecule is Cc1cc(C(=O)O)ccc1CSCc1ccccc1. The molecule has 2 aromatic carbocycles. The molecule has 2 nitrogen and oxygen atoms in total. The van der Waals surface area contributed by atoms with Crippen molar-refractivity contribution in [2.45, 2.75) is 18.4 Å². The molecule has 2 aromatic rings. The first-order chi connectivity index (χ1) is 9.16. The van der Waals surface area contributed by atoms with Crippen LogP contribution in [0, 0.1) is 6.92 Å². The minimum Gasteiger partial charge on any atom is -0.478 e. The van der Waals surface area contributed by atoms with E-state index in [-0.39, 0.29) is 0 Å². The molecular formula is C16H16O2S. The third kappa shape index (κ3) is 3.86. The lowest BCUT2D eigenvalue weighted by atomic mass is 10.1. The molecule has 0 aliphatic carbocycles. The smallest absolute Gasteiger partial charge is 0.335 e. The third-order valence-corrected chi connectivity index (χ3v) is 4.01. The molecule has 0 radical (unpaired) electrons. The summed E-state index contributed by atoms with van der Waals surface area (Å²) < 4.78 is 0. The number of carbonyl (C=O) groups is 1. The number of hydrogen-bond acceptors (Lipinski definition) is 2. The van der Waals surface area contributed by atoms with Crippen LogP contribution in [0.25, 0.3) is 0 Å².